The zero-order chi connectivity index (χ0) is 18.8. The molecule has 0 radical (unpaired) electrons. The summed E-state index contributed by atoms with van der Waals surface area (Å²) in [6.07, 6.45) is 1.50. The average Bonchev–Trinajstić information content (AvgIpc) is 2.67. The summed E-state index contributed by atoms with van der Waals surface area (Å²) in [4.78, 5) is 23.4. The van der Waals surface area contributed by atoms with Crippen LogP contribution >= 0.6 is 0 Å². The molecular weight excluding hydrogens is 334 g/mol. The van der Waals surface area contributed by atoms with Gasteiger partial charge in [-0.15, -0.1) is 0 Å². The SMILES string of the molecule is CCNC(=O)COc1ccc(/C=N/NC(=O)c2ccccc2)cc1OC. The molecule has 0 aliphatic carbocycles. The smallest absolute Gasteiger partial charge is 0.271 e. The van der Waals surface area contributed by atoms with Crippen molar-refractivity contribution >= 4 is 18.0 Å². The maximum Gasteiger partial charge on any atom is 0.271 e. The Labute approximate surface area is 152 Å². The van der Waals surface area contributed by atoms with Crippen molar-refractivity contribution in [3.05, 3.63) is 59.7 Å². The van der Waals surface area contributed by atoms with Gasteiger partial charge < -0.3 is 14.8 Å². The summed E-state index contributed by atoms with van der Waals surface area (Å²) in [5.41, 5.74) is 3.69. The molecule has 0 saturated heterocycles. The van der Waals surface area contributed by atoms with Gasteiger partial charge in [-0.2, -0.15) is 5.10 Å². The van der Waals surface area contributed by atoms with Crippen molar-refractivity contribution in [3.63, 3.8) is 0 Å². The number of hydrazone groups is 1. The number of hydrogen-bond donors (Lipinski definition) is 2. The molecule has 0 aromatic heterocycles. The van der Waals surface area contributed by atoms with Gasteiger partial charge in [0.05, 0.1) is 13.3 Å². The number of hydrogen-bond acceptors (Lipinski definition) is 5. The van der Waals surface area contributed by atoms with Crippen LogP contribution in [0.15, 0.2) is 53.6 Å². The number of ether oxygens (including phenoxy) is 2. The fourth-order valence-electron chi connectivity index (χ4n) is 2.09. The van der Waals surface area contributed by atoms with Crippen molar-refractivity contribution in [2.24, 2.45) is 5.10 Å². The van der Waals surface area contributed by atoms with E-state index in [1.165, 1.54) is 13.3 Å². The molecule has 0 aliphatic rings. The van der Waals surface area contributed by atoms with Gasteiger partial charge in [-0.3, -0.25) is 9.59 Å². The molecule has 136 valence electrons. The third-order valence-corrected chi connectivity index (χ3v) is 3.34. The molecule has 7 heteroatoms. The van der Waals surface area contributed by atoms with E-state index < -0.39 is 0 Å². The molecule has 0 fully saturated rings. The van der Waals surface area contributed by atoms with E-state index in [9.17, 15) is 9.59 Å². The Hall–Kier alpha value is -3.35. The summed E-state index contributed by atoms with van der Waals surface area (Å²) in [6.45, 7) is 2.29. The largest absolute Gasteiger partial charge is 0.493 e. The average molecular weight is 355 g/mol. The van der Waals surface area contributed by atoms with Crippen LogP contribution in [0, 0.1) is 0 Å². The van der Waals surface area contributed by atoms with Gasteiger partial charge in [0.15, 0.2) is 18.1 Å². The van der Waals surface area contributed by atoms with Gasteiger partial charge in [-0.05, 0) is 42.8 Å². The Bertz CT molecular complexity index is 776. The third kappa shape index (κ3) is 5.62. The van der Waals surface area contributed by atoms with E-state index in [4.69, 9.17) is 9.47 Å². The number of carbonyl (C=O) groups excluding carboxylic acids is 2. The van der Waals surface area contributed by atoms with Crippen LogP contribution in [-0.2, 0) is 4.79 Å². The Balaban J connectivity index is 1.97. The Morgan fingerprint density at radius 1 is 1.12 bits per heavy atom. The maximum absolute atomic E-state index is 11.9. The first-order chi connectivity index (χ1) is 12.6. The van der Waals surface area contributed by atoms with E-state index in [2.05, 4.69) is 15.8 Å². The van der Waals surface area contributed by atoms with Crippen molar-refractivity contribution in [3.8, 4) is 11.5 Å². The fraction of sp³-hybridized carbons (Fsp3) is 0.211. The summed E-state index contributed by atoms with van der Waals surface area (Å²) in [5.74, 6) is 0.413. The molecule has 2 amide bonds. The lowest BCUT2D eigenvalue weighted by molar-refractivity contribution is -0.123. The maximum atomic E-state index is 11.9. The fourth-order valence-corrected chi connectivity index (χ4v) is 2.09. The number of benzene rings is 2. The van der Waals surface area contributed by atoms with E-state index in [0.717, 1.165) is 0 Å². The lowest BCUT2D eigenvalue weighted by atomic mass is 10.2. The number of carbonyl (C=O) groups is 2. The van der Waals surface area contributed by atoms with Gasteiger partial charge in [0, 0.05) is 12.1 Å². The monoisotopic (exact) mass is 355 g/mol. The van der Waals surface area contributed by atoms with Crippen molar-refractivity contribution in [2.45, 2.75) is 6.92 Å². The number of methoxy groups -OCH3 is 1. The molecule has 2 rings (SSSR count). The van der Waals surface area contributed by atoms with Gasteiger partial charge in [0.1, 0.15) is 0 Å². The second kappa shape index (κ2) is 9.83. The molecular formula is C19H21N3O4. The quantitative estimate of drug-likeness (QED) is 0.560. The van der Waals surface area contributed by atoms with Crippen LogP contribution in [0.25, 0.3) is 0 Å². The highest BCUT2D eigenvalue weighted by molar-refractivity contribution is 5.94. The highest BCUT2D eigenvalue weighted by Crippen LogP contribution is 2.27. The molecule has 26 heavy (non-hydrogen) atoms. The zero-order valence-electron chi connectivity index (χ0n) is 14.7. The zero-order valence-corrected chi connectivity index (χ0v) is 14.7. The van der Waals surface area contributed by atoms with E-state index in [1.54, 1.807) is 42.5 Å². The minimum Gasteiger partial charge on any atom is -0.493 e. The van der Waals surface area contributed by atoms with Crippen LogP contribution in [0.1, 0.15) is 22.8 Å². The molecule has 0 spiro atoms. The summed E-state index contributed by atoms with van der Waals surface area (Å²) in [7, 11) is 1.51. The van der Waals surface area contributed by atoms with Crippen LogP contribution in [0.3, 0.4) is 0 Å². The van der Waals surface area contributed by atoms with E-state index in [0.29, 0.717) is 29.2 Å². The molecule has 2 N–H and O–H groups in total. The van der Waals surface area contributed by atoms with Crippen molar-refractivity contribution in [1.29, 1.82) is 0 Å². The molecule has 7 nitrogen and oxygen atoms in total. The lowest BCUT2D eigenvalue weighted by Gasteiger charge is -2.11. The topological polar surface area (TPSA) is 89.0 Å². The Kier molecular flexibility index (Phi) is 7.17. The van der Waals surface area contributed by atoms with E-state index in [1.807, 2.05) is 13.0 Å². The van der Waals surface area contributed by atoms with Gasteiger partial charge >= 0.3 is 0 Å². The van der Waals surface area contributed by atoms with Crippen LogP contribution < -0.4 is 20.2 Å². The number of amides is 2. The van der Waals surface area contributed by atoms with Crippen molar-refractivity contribution < 1.29 is 19.1 Å². The van der Waals surface area contributed by atoms with E-state index >= 15 is 0 Å². The highest BCUT2D eigenvalue weighted by Gasteiger charge is 2.08. The molecule has 0 unspecified atom stereocenters. The minimum atomic E-state index is -0.296. The van der Waals surface area contributed by atoms with Crippen LogP contribution in [0.5, 0.6) is 11.5 Å². The lowest BCUT2D eigenvalue weighted by Crippen LogP contribution is -2.28. The standard InChI is InChI=1S/C19H21N3O4/c1-3-20-18(23)13-26-16-10-9-14(11-17(16)25-2)12-21-22-19(24)15-7-5-4-6-8-15/h4-12H,3,13H2,1-2H3,(H,20,23)(H,22,24)/b21-12+. The van der Waals surface area contributed by atoms with Gasteiger partial charge in [0.25, 0.3) is 11.8 Å². The first-order valence-electron chi connectivity index (χ1n) is 8.10. The Morgan fingerprint density at radius 3 is 2.58 bits per heavy atom. The third-order valence-electron chi connectivity index (χ3n) is 3.34. The number of nitrogens with zero attached hydrogens (tertiary/aromatic N) is 1. The van der Waals surface area contributed by atoms with Gasteiger partial charge in [-0.25, -0.2) is 5.43 Å². The summed E-state index contributed by atoms with van der Waals surface area (Å²) >= 11 is 0. The molecule has 0 heterocycles. The van der Waals surface area contributed by atoms with Gasteiger partial charge in [-0.1, -0.05) is 18.2 Å². The van der Waals surface area contributed by atoms with Crippen molar-refractivity contribution in [1.82, 2.24) is 10.7 Å². The summed E-state index contributed by atoms with van der Waals surface area (Å²) < 4.78 is 10.7. The van der Waals surface area contributed by atoms with Crippen LogP contribution in [0.4, 0.5) is 0 Å². The summed E-state index contributed by atoms with van der Waals surface area (Å²) in [5, 5.41) is 6.59. The normalized spacial score (nSPS) is 10.4. The molecule has 0 atom stereocenters. The number of likely N-dealkylation sites (N-methyl/N-ethyl adjacent to an activating group) is 1. The van der Waals surface area contributed by atoms with Crippen LogP contribution in [0.2, 0.25) is 0 Å². The first-order valence-corrected chi connectivity index (χ1v) is 8.10. The molecule has 0 saturated carbocycles. The molecule has 0 aliphatic heterocycles. The molecule has 2 aromatic carbocycles. The number of rotatable bonds is 8. The highest BCUT2D eigenvalue weighted by atomic mass is 16.5. The second-order valence-electron chi connectivity index (χ2n) is 5.22. The van der Waals surface area contributed by atoms with Crippen LogP contribution in [-0.4, -0.2) is 38.3 Å². The molecule has 2 aromatic rings. The molecule has 0 bridgehead atoms. The van der Waals surface area contributed by atoms with E-state index in [-0.39, 0.29) is 18.4 Å². The second-order valence-corrected chi connectivity index (χ2v) is 5.22. The number of nitrogens with one attached hydrogen (secondary N) is 2. The summed E-state index contributed by atoms with van der Waals surface area (Å²) in [6, 6.07) is 13.9. The minimum absolute atomic E-state index is 0.0925. The Morgan fingerprint density at radius 2 is 1.88 bits per heavy atom. The van der Waals surface area contributed by atoms with Gasteiger partial charge in [0.2, 0.25) is 0 Å². The predicted octanol–water partition coefficient (Wildman–Crippen LogP) is 1.97. The van der Waals surface area contributed by atoms with Crippen molar-refractivity contribution in [2.75, 3.05) is 20.3 Å². The predicted molar refractivity (Wildman–Crippen MR) is 98.7 cm³/mol. The first kappa shape index (κ1) is 19.0.